The van der Waals surface area contributed by atoms with Gasteiger partial charge in [-0.25, -0.2) is 9.97 Å². The van der Waals surface area contributed by atoms with Crippen LogP contribution in [0.25, 0.3) is 0 Å². The minimum atomic E-state index is -0.315. The lowest BCUT2D eigenvalue weighted by atomic mass is 10.0. The fourth-order valence-electron chi connectivity index (χ4n) is 4.24. The third-order valence-corrected chi connectivity index (χ3v) is 5.87. The molecule has 0 radical (unpaired) electrons. The maximum atomic E-state index is 13.0. The highest BCUT2D eigenvalue weighted by Crippen LogP contribution is 2.26. The zero-order valence-corrected chi connectivity index (χ0v) is 20.2. The van der Waals surface area contributed by atoms with Crippen molar-refractivity contribution in [3.63, 3.8) is 0 Å². The molecule has 3 heterocycles. The van der Waals surface area contributed by atoms with Crippen molar-refractivity contribution in [3.05, 3.63) is 17.6 Å². The van der Waals surface area contributed by atoms with Crippen LogP contribution >= 0.6 is 24.8 Å². The Kier molecular flexibility index (Phi) is 10.8. The third-order valence-electron chi connectivity index (χ3n) is 5.87. The molecule has 2 N–H and O–H groups in total. The standard InChI is InChI=1S/C21H35N5O2.2ClH/c1-5-26(21(27)18-7-6-17(13-22)28-18)16-8-10-25(11-9-16)19-12-15(4)23-20(24-19)14(2)3;;/h12,14,16-18H,5-11,13,22H2,1-4H3;2*1H/t17-,18+;;/m1../s1. The summed E-state index contributed by atoms with van der Waals surface area (Å²) in [5, 5.41) is 0. The van der Waals surface area contributed by atoms with E-state index in [0.29, 0.717) is 12.5 Å². The molecule has 0 saturated carbocycles. The Bertz CT molecular complexity index is 683. The van der Waals surface area contributed by atoms with Crippen molar-refractivity contribution in [2.45, 2.75) is 77.5 Å². The number of halogens is 2. The maximum absolute atomic E-state index is 13.0. The minimum absolute atomic E-state index is 0. The van der Waals surface area contributed by atoms with Gasteiger partial charge in [0, 0.05) is 49.9 Å². The summed E-state index contributed by atoms with van der Waals surface area (Å²) in [7, 11) is 0. The molecule has 2 aliphatic rings. The lowest BCUT2D eigenvalue weighted by Crippen LogP contribution is -2.50. The summed E-state index contributed by atoms with van der Waals surface area (Å²) in [6.45, 7) is 11.3. The van der Waals surface area contributed by atoms with E-state index in [4.69, 9.17) is 15.5 Å². The molecule has 172 valence electrons. The van der Waals surface area contributed by atoms with Crippen LogP contribution in [0.5, 0.6) is 0 Å². The summed E-state index contributed by atoms with van der Waals surface area (Å²) in [4.78, 5) is 26.6. The summed E-state index contributed by atoms with van der Waals surface area (Å²) in [6, 6.07) is 2.33. The van der Waals surface area contributed by atoms with Crippen molar-refractivity contribution in [2.24, 2.45) is 5.73 Å². The van der Waals surface area contributed by atoms with Crippen molar-refractivity contribution in [3.8, 4) is 0 Å². The minimum Gasteiger partial charge on any atom is -0.364 e. The molecule has 0 bridgehead atoms. The molecule has 1 aromatic rings. The number of aromatic nitrogens is 2. The molecule has 7 nitrogen and oxygen atoms in total. The lowest BCUT2D eigenvalue weighted by molar-refractivity contribution is -0.145. The molecular weight excluding hydrogens is 425 g/mol. The second-order valence-corrected chi connectivity index (χ2v) is 8.28. The molecule has 1 amide bonds. The first-order chi connectivity index (χ1) is 13.4. The van der Waals surface area contributed by atoms with E-state index in [1.54, 1.807) is 0 Å². The predicted octanol–water partition coefficient (Wildman–Crippen LogP) is 3.08. The number of carbonyl (C=O) groups excluding carboxylic acids is 1. The van der Waals surface area contributed by atoms with Gasteiger partial charge in [0.1, 0.15) is 17.7 Å². The van der Waals surface area contributed by atoms with Crippen LogP contribution in [-0.2, 0) is 9.53 Å². The summed E-state index contributed by atoms with van der Waals surface area (Å²) >= 11 is 0. The molecule has 30 heavy (non-hydrogen) atoms. The van der Waals surface area contributed by atoms with Gasteiger partial charge in [-0.15, -0.1) is 24.8 Å². The van der Waals surface area contributed by atoms with E-state index < -0.39 is 0 Å². The van der Waals surface area contributed by atoms with Gasteiger partial charge in [-0.1, -0.05) is 13.8 Å². The van der Waals surface area contributed by atoms with Gasteiger partial charge in [0.15, 0.2) is 0 Å². The maximum Gasteiger partial charge on any atom is 0.251 e. The van der Waals surface area contributed by atoms with E-state index in [9.17, 15) is 4.79 Å². The van der Waals surface area contributed by atoms with Crippen molar-refractivity contribution in [1.82, 2.24) is 14.9 Å². The van der Waals surface area contributed by atoms with E-state index in [1.807, 2.05) is 11.8 Å². The zero-order chi connectivity index (χ0) is 20.3. The number of anilines is 1. The fraction of sp³-hybridized carbons (Fsp3) is 0.762. The number of aryl methyl sites for hydroxylation is 1. The molecule has 2 saturated heterocycles. The Morgan fingerprint density at radius 2 is 1.90 bits per heavy atom. The Morgan fingerprint density at radius 1 is 1.23 bits per heavy atom. The fourth-order valence-corrected chi connectivity index (χ4v) is 4.24. The van der Waals surface area contributed by atoms with Crippen molar-refractivity contribution in [2.75, 3.05) is 31.1 Å². The Balaban J connectivity index is 0.00000225. The number of ether oxygens (including phenoxy) is 1. The molecule has 3 rings (SSSR count). The molecule has 2 aliphatic heterocycles. The van der Waals surface area contributed by atoms with Gasteiger partial charge >= 0.3 is 0 Å². The molecule has 9 heteroatoms. The van der Waals surface area contributed by atoms with Crippen LogP contribution in [-0.4, -0.2) is 65.2 Å². The lowest BCUT2D eigenvalue weighted by Gasteiger charge is -2.39. The molecular formula is C21H37Cl2N5O2. The predicted molar refractivity (Wildman–Crippen MR) is 125 cm³/mol. The normalized spacial score (nSPS) is 21.9. The Labute approximate surface area is 193 Å². The average Bonchev–Trinajstić information content (AvgIpc) is 3.18. The number of likely N-dealkylation sites (N-methyl/N-ethyl adjacent to an activating group) is 1. The van der Waals surface area contributed by atoms with E-state index >= 15 is 0 Å². The average molecular weight is 462 g/mol. The molecule has 0 spiro atoms. The Morgan fingerprint density at radius 3 is 2.43 bits per heavy atom. The van der Waals surface area contributed by atoms with Crippen LogP contribution in [0.15, 0.2) is 6.07 Å². The number of nitrogens with zero attached hydrogens (tertiary/aromatic N) is 4. The van der Waals surface area contributed by atoms with Crippen LogP contribution in [0, 0.1) is 6.92 Å². The monoisotopic (exact) mass is 461 g/mol. The van der Waals surface area contributed by atoms with Crippen molar-refractivity contribution < 1.29 is 9.53 Å². The summed E-state index contributed by atoms with van der Waals surface area (Å²) < 4.78 is 5.84. The largest absolute Gasteiger partial charge is 0.364 e. The summed E-state index contributed by atoms with van der Waals surface area (Å²) in [5.41, 5.74) is 6.70. The molecule has 0 aliphatic carbocycles. The van der Waals surface area contributed by atoms with Gasteiger partial charge in [-0.3, -0.25) is 4.79 Å². The van der Waals surface area contributed by atoms with E-state index in [-0.39, 0.29) is 49.0 Å². The number of hydrogen-bond donors (Lipinski definition) is 1. The van der Waals surface area contributed by atoms with Crippen LogP contribution in [0.1, 0.15) is 63.9 Å². The quantitative estimate of drug-likeness (QED) is 0.700. The molecule has 1 aromatic heterocycles. The van der Waals surface area contributed by atoms with Crippen LogP contribution in [0.4, 0.5) is 5.82 Å². The van der Waals surface area contributed by atoms with E-state index in [2.05, 4.69) is 36.7 Å². The first kappa shape index (κ1) is 26.9. The van der Waals surface area contributed by atoms with Crippen molar-refractivity contribution >= 4 is 36.5 Å². The van der Waals surface area contributed by atoms with E-state index in [0.717, 1.165) is 62.7 Å². The smallest absolute Gasteiger partial charge is 0.251 e. The first-order valence-corrected chi connectivity index (χ1v) is 10.7. The number of carbonyl (C=O) groups is 1. The van der Waals surface area contributed by atoms with Crippen LogP contribution in [0.3, 0.4) is 0 Å². The number of nitrogens with two attached hydrogens (primary N) is 1. The third kappa shape index (κ3) is 6.19. The second kappa shape index (κ2) is 12.0. The van der Waals surface area contributed by atoms with E-state index in [1.165, 1.54) is 0 Å². The van der Waals surface area contributed by atoms with Crippen molar-refractivity contribution in [1.29, 1.82) is 0 Å². The van der Waals surface area contributed by atoms with Gasteiger partial charge in [0.25, 0.3) is 5.91 Å². The topological polar surface area (TPSA) is 84.6 Å². The van der Waals surface area contributed by atoms with Gasteiger partial charge < -0.3 is 20.3 Å². The first-order valence-electron chi connectivity index (χ1n) is 10.7. The molecule has 2 fully saturated rings. The Hall–Kier alpha value is -1.15. The summed E-state index contributed by atoms with van der Waals surface area (Å²) in [5.74, 6) is 2.36. The second-order valence-electron chi connectivity index (χ2n) is 8.28. The number of piperidine rings is 1. The zero-order valence-electron chi connectivity index (χ0n) is 18.5. The van der Waals surface area contributed by atoms with Gasteiger partial charge in [0.2, 0.25) is 0 Å². The van der Waals surface area contributed by atoms with Gasteiger partial charge in [-0.05, 0) is 39.5 Å². The molecule has 0 aromatic carbocycles. The van der Waals surface area contributed by atoms with Crippen LogP contribution in [0.2, 0.25) is 0 Å². The SMILES string of the molecule is CCN(C(=O)[C@@H]1CC[C@H](CN)O1)C1CCN(c2cc(C)nc(C(C)C)n2)CC1.Cl.Cl. The molecule has 2 atom stereocenters. The summed E-state index contributed by atoms with van der Waals surface area (Å²) in [6.07, 6.45) is 3.29. The highest BCUT2D eigenvalue weighted by Gasteiger charge is 2.36. The highest BCUT2D eigenvalue weighted by molar-refractivity contribution is 5.85. The number of amides is 1. The number of hydrogen-bond acceptors (Lipinski definition) is 6. The van der Waals surface area contributed by atoms with Gasteiger partial charge in [-0.2, -0.15) is 0 Å². The number of rotatable bonds is 6. The van der Waals surface area contributed by atoms with Gasteiger partial charge in [0.05, 0.1) is 6.10 Å². The highest BCUT2D eigenvalue weighted by atomic mass is 35.5. The molecule has 0 unspecified atom stereocenters. The van der Waals surface area contributed by atoms with Crippen LogP contribution < -0.4 is 10.6 Å².